The number of hydrogen-bond acceptors (Lipinski definition) is 4. The number of benzene rings is 2. The summed E-state index contributed by atoms with van der Waals surface area (Å²) in [4.78, 5) is 0.977. The summed E-state index contributed by atoms with van der Waals surface area (Å²) in [5, 5.41) is 0. The fourth-order valence-corrected chi connectivity index (χ4v) is 3.87. The normalized spacial score (nSPS) is 11.4. The number of para-hydroxylation sites is 1. The van der Waals surface area contributed by atoms with E-state index in [-0.39, 0.29) is 10.6 Å². The lowest BCUT2D eigenvalue weighted by Gasteiger charge is -2.14. The average Bonchev–Trinajstić information content (AvgIpc) is 2.43. The average molecular weight is 322 g/mol. The smallest absolute Gasteiger partial charge is 0.263 e. The topological polar surface area (TPSA) is 72.2 Å². The maximum Gasteiger partial charge on any atom is 0.263 e. The van der Waals surface area contributed by atoms with Crippen LogP contribution >= 0.6 is 11.8 Å². The Kier molecular flexibility index (Phi) is 4.49. The predicted molar refractivity (Wildman–Crippen MR) is 89.4 cm³/mol. The molecule has 0 saturated heterocycles. The summed E-state index contributed by atoms with van der Waals surface area (Å²) in [5.74, 6) is 0. The number of nitrogens with one attached hydrogen (secondary N) is 1. The van der Waals surface area contributed by atoms with E-state index in [1.807, 2.05) is 32.2 Å². The van der Waals surface area contributed by atoms with E-state index in [0.717, 1.165) is 16.0 Å². The zero-order chi connectivity index (χ0) is 15.6. The number of anilines is 2. The molecule has 112 valence electrons. The first kappa shape index (κ1) is 15.7. The molecule has 21 heavy (non-hydrogen) atoms. The maximum atomic E-state index is 12.6. The fraction of sp³-hybridized carbons (Fsp3) is 0.200. The molecule has 0 fully saturated rings. The summed E-state index contributed by atoms with van der Waals surface area (Å²) in [6.45, 7) is 3.77. The first-order valence-electron chi connectivity index (χ1n) is 6.37. The van der Waals surface area contributed by atoms with Gasteiger partial charge in [-0.1, -0.05) is 12.1 Å². The first-order chi connectivity index (χ1) is 9.85. The van der Waals surface area contributed by atoms with E-state index < -0.39 is 10.0 Å². The van der Waals surface area contributed by atoms with Crippen LogP contribution in [0.3, 0.4) is 0 Å². The minimum Gasteiger partial charge on any atom is -0.398 e. The molecule has 4 nitrogen and oxygen atoms in total. The molecule has 0 aliphatic rings. The van der Waals surface area contributed by atoms with Crippen LogP contribution in [0.2, 0.25) is 0 Å². The zero-order valence-corrected chi connectivity index (χ0v) is 13.8. The van der Waals surface area contributed by atoms with Gasteiger partial charge in [0.25, 0.3) is 10.0 Å². The number of rotatable bonds is 4. The standard InChI is InChI=1S/C15H18N2O2S2/c1-10-8-12(16)15(9-11(10)2)21(18,19)17-13-6-4-5-7-14(13)20-3/h4-9,17H,16H2,1-3H3. The van der Waals surface area contributed by atoms with Gasteiger partial charge < -0.3 is 5.73 Å². The highest BCUT2D eigenvalue weighted by atomic mass is 32.2. The molecular weight excluding hydrogens is 304 g/mol. The Morgan fingerprint density at radius 3 is 2.38 bits per heavy atom. The van der Waals surface area contributed by atoms with Gasteiger partial charge >= 0.3 is 0 Å². The van der Waals surface area contributed by atoms with E-state index in [1.54, 1.807) is 24.3 Å². The largest absolute Gasteiger partial charge is 0.398 e. The molecule has 0 unspecified atom stereocenters. The van der Waals surface area contributed by atoms with Crippen LogP contribution in [0.25, 0.3) is 0 Å². The Balaban J connectivity index is 2.46. The highest BCUT2D eigenvalue weighted by Gasteiger charge is 2.19. The predicted octanol–water partition coefficient (Wildman–Crippen LogP) is 3.41. The molecule has 0 atom stereocenters. The highest BCUT2D eigenvalue weighted by molar-refractivity contribution is 7.99. The van der Waals surface area contributed by atoms with Gasteiger partial charge in [0.05, 0.1) is 11.4 Å². The molecule has 2 rings (SSSR count). The number of sulfonamides is 1. The molecule has 2 aromatic carbocycles. The van der Waals surface area contributed by atoms with Gasteiger partial charge in [0, 0.05) is 4.90 Å². The number of thioether (sulfide) groups is 1. The lowest BCUT2D eigenvalue weighted by molar-refractivity contribution is 0.601. The van der Waals surface area contributed by atoms with Gasteiger partial charge in [0.15, 0.2) is 0 Å². The summed E-state index contributed by atoms with van der Waals surface area (Å²) in [6, 6.07) is 10.6. The van der Waals surface area contributed by atoms with Crippen molar-refractivity contribution in [1.82, 2.24) is 0 Å². The second-order valence-corrected chi connectivity index (χ2v) is 7.28. The van der Waals surface area contributed by atoms with Crippen molar-refractivity contribution in [2.45, 2.75) is 23.6 Å². The van der Waals surface area contributed by atoms with Gasteiger partial charge in [0.2, 0.25) is 0 Å². The summed E-state index contributed by atoms with van der Waals surface area (Å²) < 4.78 is 27.7. The third-order valence-corrected chi connectivity index (χ3v) is 5.48. The van der Waals surface area contributed by atoms with Gasteiger partial charge in [-0.15, -0.1) is 11.8 Å². The SMILES string of the molecule is CSc1ccccc1NS(=O)(=O)c1cc(C)c(C)cc1N. The van der Waals surface area contributed by atoms with Gasteiger partial charge in [0.1, 0.15) is 4.90 Å². The molecule has 2 aromatic rings. The molecule has 0 saturated carbocycles. The molecule has 0 spiro atoms. The Hall–Kier alpha value is -1.66. The van der Waals surface area contributed by atoms with E-state index in [9.17, 15) is 8.42 Å². The van der Waals surface area contributed by atoms with Crippen molar-refractivity contribution in [2.24, 2.45) is 0 Å². The fourth-order valence-electron chi connectivity index (χ4n) is 1.97. The Morgan fingerprint density at radius 1 is 1.10 bits per heavy atom. The second-order valence-electron chi connectivity index (χ2n) is 4.78. The highest BCUT2D eigenvalue weighted by Crippen LogP contribution is 2.29. The molecule has 0 aliphatic carbocycles. The molecule has 0 aliphatic heterocycles. The minimum absolute atomic E-state index is 0.113. The molecule has 0 aromatic heterocycles. The summed E-state index contributed by atoms with van der Waals surface area (Å²) in [7, 11) is -3.70. The molecule has 6 heteroatoms. The minimum atomic E-state index is -3.70. The zero-order valence-electron chi connectivity index (χ0n) is 12.2. The summed E-state index contributed by atoms with van der Waals surface area (Å²) >= 11 is 1.48. The van der Waals surface area contributed by atoms with E-state index in [0.29, 0.717) is 5.69 Å². The van der Waals surface area contributed by atoms with E-state index in [1.165, 1.54) is 11.8 Å². The van der Waals surface area contributed by atoms with Crippen LogP contribution in [0.1, 0.15) is 11.1 Å². The number of aryl methyl sites for hydroxylation is 2. The van der Waals surface area contributed by atoms with Crippen molar-refractivity contribution in [1.29, 1.82) is 0 Å². The summed E-state index contributed by atoms with van der Waals surface area (Å²) in [6.07, 6.45) is 1.90. The van der Waals surface area contributed by atoms with Gasteiger partial charge in [-0.3, -0.25) is 4.72 Å². The van der Waals surface area contributed by atoms with Crippen molar-refractivity contribution in [3.8, 4) is 0 Å². The van der Waals surface area contributed by atoms with Crippen molar-refractivity contribution < 1.29 is 8.42 Å². The monoisotopic (exact) mass is 322 g/mol. The quantitative estimate of drug-likeness (QED) is 0.668. The van der Waals surface area contributed by atoms with Crippen LogP contribution in [0.15, 0.2) is 46.2 Å². The van der Waals surface area contributed by atoms with Crippen molar-refractivity contribution in [3.63, 3.8) is 0 Å². The second kappa shape index (κ2) is 5.99. The van der Waals surface area contributed by atoms with E-state index >= 15 is 0 Å². The lowest BCUT2D eigenvalue weighted by atomic mass is 10.1. The molecule has 3 N–H and O–H groups in total. The molecular formula is C15H18N2O2S2. The van der Waals surface area contributed by atoms with Gasteiger partial charge in [-0.05, 0) is 55.5 Å². The van der Waals surface area contributed by atoms with Crippen LogP contribution in [0.5, 0.6) is 0 Å². The number of nitrogens with two attached hydrogens (primary N) is 1. The van der Waals surface area contributed by atoms with Gasteiger partial charge in [-0.25, -0.2) is 8.42 Å². The third-order valence-electron chi connectivity index (χ3n) is 3.27. The number of nitrogen functional groups attached to an aromatic ring is 1. The van der Waals surface area contributed by atoms with Crippen LogP contribution in [0.4, 0.5) is 11.4 Å². The van der Waals surface area contributed by atoms with Crippen LogP contribution in [0, 0.1) is 13.8 Å². The lowest BCUT2D eigenvalue weighted by Crippen LogP contribution is -2.15. The Labute approximate surface area is 129 Å². The van der Waals surface area contributed by atoms with Crippen LogP contribution < -0.4 is 10.5 Å². The molecule has 0 bridgehead atoms. The number of hydrogen-bond donors (Lipinski definition) is 2. The Bertz CT molecular complexity index is 771. The van der Waals surface area contributed by atoms with E-state index in [2.05, 4.69) is 4.72 Å². The molecule has 0 heterocycles. The molecule has 0 radical (unpaired) electrons. The Morgan fingerprint density at radius 2 is 1.71 bits per heavy atom. The van der Waals surface area contributed by atoms with Crippen molar-refractivity contribution in [3.05, 3.63) is 47.5 Å². The van der Waals surface area contributed by atoms with Crippen LogP contribution in [-0.4, -0.2) is 14.7 Å². The van der Waals surface area contributed by atoms with Gasteiger partial charge in [-0.2, -0.15) is 0 Å². The van der Waals surface area contributed by atoms with Crippen molar-refractivity contribution >= 4 is 33.2 Å². The third kappa shape index (κ3) is 3.33. The maximum absolute atomic E-state index is 12.6. The van der Waals surface area contributed by atoms with Crippen LogP contribution in [-0.2, 0) is 10.0 Å². The van der Waals surface area contributed by atoms with Crippen molar-refractivity contribution in [2.75, 3.05) is 16.7 Å². The summed E-state index contributed by atoms with van der Waals surface area (Å²) in [5.41, 5.74) is 8.55. The first-order valence-corrected chi connectivity index (χ1v) is 9.08. The molecule has 0 amide bonds. The van der Waals surface area contributed by atoms with E-state index in [4.69, 9.17) is 5.73 Å².